The Morgan fingerprint density at radius 1 is 1.12 bits per heavy atom. The van der Waals surface area contributed by atoms with Gasteiger partial charge in [0.05, 0.1) is 11.9 Å². The number of nitrogens with zero attached hydrogens (tertiary/aromatic N) is 2. The third-order valence-corrected chi connectivity index (χ3v) is 5.41. The molecule has 5 nitrogen and oxygen atoms in total. The lowest BCUT2D eigenvalue weighted by atomic mass is 10.1. The molecule has 0 bridgehead atoms. The molecular weight excluding hydrogens is 360 g/mol. The molecule has 2 aromatic carbocycles. The monoisotopic (exact) mass is 380 g/mol. The van der Waals surface area contributed by atoms with Crippen molar-refractivity contribution in [1.82, 2.24) is 0 Å². The van der Waals surface area contributed by atoms with Gasteiger partial charge in [0.1, 0.15) is 6.04 Å². The number of anilines is 2. The molecule has 0 radical (unpaired) electrons. The number of amides is 1. The average molecular weight is 381 g/mol. The predicted molar refractivity (Wildman–Crippen MR) is 103 cm³/mol. The first-order valence-electron chi connectivity index (χ1n) is 7.71. The van der Waals surface area contributed by atoms with Crippen molar-refractivity contribution in [3.8, 4) is 0 Å². The molecule has 0 fully saturated rings. The van der Waals surface area contributed by atoms with Crippen LogP contribution in [-0.4, -0.2) is 33.7 Å². The van der Waals surface area contributed by atoms with Gasteiger partial charge in [0.25, 0.3) is 0 Å². The van der Waals surface area contributed by atoms with E-state index < -0.39 is 16.1 Å². The summed E-state index contributed by atoms with van der Waals surface area (Å²) in [6, 6.07) is 13.1. The maximum atomic E-state index is 12.9. The van der Waals surface area contributed by atoms with Crippen LogP contribution in [0.4, 0.5) is 11.4 Å². The molecule has 0 saturated carbocycles. The summed E-state index contributed by atoms with van der Waals surface area (Å²) in [5, 5.41) is 0.408. The highest BCUT2D eigenvalue weighted by Crippen LogP contribution is 2.29. The van der Waals surface area contributed by atoms with E-state index in [1.807, 2.05) is 18.2 Å². The zero-order chi connectivity index (χ0) is 18.8. The van der Waals surface area contributed by atoms with Gasteiger partial charge in [-0.15, -0.1) is 0 Å². The van der Waals surface area contributed by atoms with Gasteiger partial charge in [0.15, 0.2) is 0 Å². The third kappa shape index (κ3) is 4.32. The highest BCUT2D eigenvalue weighted by molar-refractivity contribution is 7.92. The van der Waals surface area contributed by atoms with Crippen molar-refractivity contribution in [2.75, 3.05) is 22.5 Å². The van der Waals surface area contributed by atoms with Crippen molar-refractivity contribution < 1.29 is 13.2 Å². The first-order chi connectivity index (χ1) is 11.6. The van der Waals surface area contributed by atoms with Crippen molar-refractivity contribution in [3.05, 3.63) is 59.1 Å². The molecule has 0 aliphatic rings. The number of rotatable bonds is 5. The Balaban J connectivity index is 2.45. The maximum absolute atomic E-state index is 12.9. The molecule has 2 rings (SSSR count). The lowest BCUT2D eigenvalue weighted by molar-refractivity contribution is -0.119. The first-order valence-corrected chi connectivity index (χ1v) is 9.93. The summed E-state index contributed by atoms with van der Waals surface area (Å²) in [6.45, 7) is 3.35. The molecule has 0 aliphatic heterocycles. The van der Waals surface area contributed by atoms with Crippen molar-refractivity contribution in [3.63, 3.8) is 0 Å². The number of carbonyl (C=O) groups is 1. The minimum atomic E-state index is -3.69. The smallest absolute Gasteiger partial charge is 0.250 e. The fourth-order valence-electron chi connectivity index (χ4n) is 2.65. The van der Waals surface area contributed by atoms with E-state index in [0.29, 0.717) is 16.4 Å². The first kappa shape index (κ1) is 19.3. The summed E-state index contributed by atoms with van der Waals surface area (Å²) in [6.07, 6.45) is 1.08. The van der Waals surface area contributed by atoms with Gasteiger partial charge in [-0.25, -0.2) is 8.42 Å². The SMILES string of the molecule is Cc1ccc(Cl)cc1N([C@H](C)C(=O)N(C)c1ccccc1)S(C)(=O)=O. The minimum Gasteiger partial charge on any atom is -0.314 e. The molecule has 0 heterocycles. The molecule has 0 unspecified atom stereocenters. The number of benzene rings is 2. The quantitative estimate of drug-likeness (QED) is 0.798. The maximum Gasteiger partial charge on any atom is 0.250 e. The van der Waals surface area contributed by atoms with Crippen LogP contribution in [0.5, 0.6) is 0 Å². The van der Waals surface area contributed by atoms with Gasteiger partial charge in [-0.05, 0) is 43.7 Å². The fraction of sp³-hybridized carbons (Fsp3) is 0.278. The molecule has 7 heteroatoms. The van der Waals surface area contributed by atoms with Gasteiger partial charge in [0.2, 0.25) is 15.9 Å². The van der Waals surface area contributed by atoms with Crippen LogP contribution in [0.15, 0.2) is 48.5 Å². The van der Waals surface area contributed by atoms with E-state index in [-0.39, 0.29) is 5.91 Å². The highest BCUT2D eigenvalue weighted by atomic mass is 35.5. The summed E-state index contributed by atoms with van der Waals surface area (Å²) in [5.74, 6) is -0.337. The van der Waals surface area contributed by atoms with E-state index in [4.69, 9.17) is 11.6 Å². The third-order valence-electron chi connectivity index (χ3n) is 3.95. The second-order valence-corrected chi connectivity index (χ2v) is 8.19. The zero-order valence-corrected chi connectivity index (χ0v) is 16.2. The van der Waals surface area contributed by atoms with Gasteiger partial charge >= 0.3 is 0 Å². The van der Waals surface area contributed by atoms with Gasteiger partial charge < -0.3 is 4.90 Å². The molecule has 0 aliphatic carbocycles. The average Bonchev–Trinajstić information content (AvgIpc) is 2.56. The second-order valence-electron chi connectivity index (χ2n) is 5.90. The Morgan fingerprint density at radius 2 is 1.72 bits per heavy atom. The van der Waals surface area contributed by atoms with Crippen molar-refractivity contribution in [1.29, 1.82) is 0 Å². The highest BCUT2D eigenvalue weighted by Gasteiger charge is 2.32. The van der Waals surface area contributed by atoms with Crippen molar-refractivity contribution in [2.45, 2.75) is 19.9 Å². The summed E-state index contributed by atoms with van der Waals surface area (Å²) in [7, 11) is -2.07. The molecule has 2 aromatic rings. The molecular formula is C18H21ClN2O3S. The number of sulfonamides is 1. The topological polar surface area (TPSA) is 57.7 Å². The number of halogens is 1. The number of hydrogen-bond donors (Lipinski definition) is 0. The van der Waals surface area contributed by atoms with Gasteiger partial charge in [-0.1, -0.05) is 35.9 Å². The molecule has 0 saturated heterocycles. The summed E-state index contributed by atoms with van der Waals surface area (Å²) < 4.78 is 25.9. The largest absolute Gasteiger partial charge is 0.314 e. The number of aryl methyl sites for hydroxylation is 1. The number of likely N-dealkylation sites (N-methyl/N-ethyl adjacent to an activating group) is 1. The van der Waals surface area contributed by atoms with Gasteiger partial charge in [-0.3, -0.25) is 9.10 Å². The van der Waals surface area contributed by atoms with Crippen molar-refractivity contribution >= 4 is 38.9 Å². The van der Waals surface area contributed by atoms with E-state index in [0.717, 1.165) is 16.1 Å². The van der Waals surface area contributed by atoms with Crippen LogP contribution >= 0.6 is 11.6 Å². The normalized spacial score (nSPS) is 12.5. The Kier molecular flexibility index (Phi) is 5.75. The van der Waals surface area contributed by atoms with Crippen LogP contribution in [-0.2, 0) is 14.8 Å². The Bertz CT molecular complexity index is 869. The van der Waals surface area contributed by atoms with E-state index in [9.17, 15) is 13.2 Å². The van der Waals surface area contributed by atoms with Crippen LogP contribution in [0.1, 0.15) is 12.5 Å². The Labute approximate surface area is 153 Å². The molecule has 134 valence electrons. The summed E-state index contributed by atoms with van der Waals surface area (Å²) >= 11 is 6.04. The molecule has 0 N–H and O–H groups in total. The Hall–Kier alpha value is -2.05. The fourth-order valence-corrected chi connectivity index (χ4v) is 4.04. The lowest BCUT2D eigenvalue weighted by Gasteiger charge is -2.32. The molecule has 0 aromatic heterocycles. The van der Waals surface area contributed by atoms with Crippen LogP contribution in [0.2, 0.25) is 5.02 Å². The van der Waals surface area contributed by atoms with Crippen LogP contribution < -0.4 is 9.21 Å². The van der Waals surface area contributed by atoms with Gasteiger partial charge in [-0.2, -0.15) is 0 Å². The van der Waals surface area contributed by atoms with E-state index in [2.05, 4.69) is 0 Å². The van der Waals surface area contributed by atoms with E-state index in [1.54, 1.807) is 51.2 Å². The standard InChI is InChI=1S/C18H21ClN2O3S/c1-13-10-11-15(19)12-17(13)21(25(4,23)24)14(2)18(22)20(3)16-8-6-5-7-9-16/h5-12,14H,1-4H3/t14-/m1/s1. The number of para-hydroxylation sites is 1. The van der Waals surface area contributed by atoms with E-state index in [1.165, 1.54) is 4.90 Å². The molecule has 1 amide bonds. The van der Waals surface area contributed by atoms with Crippen LogP contribution in [0.3, 0.4) is 0 Å². The van der Waals surface area contributed by atoms with Crippen molar-refractivity contribution in [2.24, 2.45) is 0 Å². The van der Waals surface area contributed by atoms with Crippen LogP contribution in [0, 0.1) is 6.92 Å². The van der Waals surface area contributed by atoms with E-state index >= 15 is 0 Å². The number of hydrogen-bond acceptors (Lipinski definition) is 3. The minimum absolute atomic E-state index is 0.337. The zero-order valence-electron chi connectivity index (χ0n) is 14.6. The molecule has 0 spiro atoms. The molecule has 1 atom stereocenters. The summed E-state index contributed by atoms with van der Waals surface area (Å²) in [4.78, 5) is 14.3. The lowest BCUT2D eigenvalue weighted by Crippen LogP contribution is -2.48. The molecule has 25 heavy (non-hydrogen) atoms. The predicted octanol–water partition coefficient (Wildman–Crippen LogP) is 3.47. The number of carbonyl (C=O) groups excluding carboxylic acids is 1. The van der Waals surface area contributed by atoms with Gasteiger partial charge in [0, 0.05) is 17.8 Å². The second kappa shape index (κ2) is 7.45. The Morgan fingerprint density at radius 3 is 2.28 bits per heavy atom. The summed E-state index contributed by atoms with van der Waals surface area (Å²) in [5.41, 5.74) is 1.81. The van der Waals surface area contributed by atoms with Crippen LogP contribution in [0.25, 0.3) is 0 Å².